The third kappa shape index (κ3) is 3.72. The van der Waals surface area contributed by atoms with Gasteiger partial charge in [-0.3, -0.25) is 4.90 Å². The van der Waals surface area contributed by atoms with Gasteiger partial charge in [0.1, 0.15) is 0 Å². The van der Waals surface area contributed by atoms with E-state index in [1.807, 2.05) is 0 Å². The van der Waals surface area contributed by atoms with Crippen molar-refractivity contribution < 1.29 is 4.74 Å². The van der Waals surface area contributed by atoms with E-state index in [0.717, 1.165) is 19.1 Å². The maximum absolute atomic E-state index is 5.69. The topological polar surface area (TPSA) is 15.7 Å². The van der Waals surface area contributed by atoms with E-state index in [-0.39, 0.29) is 0 Å². The fourth-order valence-electron chi connectivity index (χ4n) is 2.75. The van der Waals surface area contributed by atoms with Gasteiger partial charge in [0.2, 0.25) is 0 Å². The molecule has 0 aromatic carbocycles. The maximum atomic E-state index is 5.69. The van der Waals surface area contributed by atoms with Gasteiger partial charge in [0, 0.05) is 45.9 Å². The zero-order valence-corrected chi connectivity index (χ0v) is 10.8. The Morgan fingerprint density at radius 2 is 1.81 bits per heavy atom. The van der Waals surface area contributed by atoms with E-state index >= 15 is 0 Å². The van der Waals surface area contributed by atoms with Crippen LogP contribution >= 0.6 is 0 Å². The van der Waals surface area contributed by atoms with Gasteiger partial charge in [0.25, 0.3) is 0 Å². The van der Waals surface area contributed by atoms with E-state index in [4.69, 9.17) is 4.74 Å². The Balaban J connectivity index is 1.64. The van der Waals surface area contributed by atoms with E-state index in [9.17, 15) is 0 Å². The Bertz CT molecular complexity index is 194. The quantitative estimate of drug-likeness (QED) is 0.721. The normalized spacial score (nSPS) is 29.1. The van der Waals surface area contributed by atoms with Gasteiger partial charge in [0.05, 0.1) is 6.10 Å². The highest BCUT2D eigenvalue weighted by molar-refractivity contribution is 4.76. The molecule has 0 bridgehead atoms. The smallest absolute Gasteiger partial charge is 0.0702 e. The first-order valence-electron chi connectivity index (χ1n) is 6.80. The molecular weight excluding hydrogens is 200 g/mol. The van der Waals surface area contributed by atoms with Gasteiger partial charge >= 0.3 is 0 Å². The van der Waals surface area contributed by atoms with E-state index in [1.54, 1.807) is 0 Å². The van der Waals surface area contributed by atoms with Crippen molar-refractivity contribution in [1.29, 1.82) is 0 Å². The first-order valence-corrected chi connectivity index (χ1v) is 6.80. The van der Waals surface area contributed by atoms with Crippen molar-refractivity contribution in [2.24, 2.45) is 5.92 Å². The summed E-state index contributed by atoms with van der Waals surface area (Å²) in [6, 6.07) is 0. The molecule has 2 aliphatic rings. The molecule has 0 spiro atoms. The first kappa shape index (κ1) is 12.3. The molecule has 2 saturated heterocycles. The molecule has 94 valence electrons. The second-order valence-electron chi connectivity index (χ2n) is 5.63. The molecule has 0 amide bonds. The van der Waals surface area contributed by atoms with Crippen LogP contribution in [0.25, 0.3) is 0 Å². The molecule has 0 saturated carbocycles. The number of ether oxygens (including phenoxy) is 1. The molecule has 1 atom stereocenters. The van der Waals surface area contributed by atoms with Crippen LogP contribution in [0.5, 0.6) is 0 Å². The van der Waals surface area contributed by atoms with Crippen LogP contribution < -0.4 is 0 Å². The predicted octanol–water partition coefficient (Wildman–Crippen LogP) is 1.44. The fraction of sp³-hybridized carbons (Fsp3) is 1.00. The highest BCUT2D eigenvalue weighted by atomic mass is 16.5. The van der Waals surface area contributed by atoms with Crippen LogP contribution in [0.4, 0.5) is 0 Å². The van der Waals surface area contributed by atoms with E-state index < -0.39 is 0 Å². The Hall–Kier alpha value is -0.120. The fourth-order valence-corrected chi connectivity index (χ4v) is 2.75. The molecule has 16 heavy (non-hydrogen) atoms. The lowest BCUT2D eigenvalue weighted by molar-refractivity contribution is 0.0482. The summed E-state index contributed by atoms with van der Waals surface area (Å²) < 4.78 is 5.69. The molecule has 0 aliphatic carbocycles. The van der Waals surface area contributed by atoms with Gasteiger partial charge in [-0.2, -0.15) is 0 Å². The van der Waals surface area contributed by atoms with Crippen LogP contribution in [0, 0.1) is 5.92 Å². The van der Waals surface area contributed by atoms with Crippen molar-refractivity contribution in [3.63, 3.8) is 0 Å². The molecule has 2 rings (SSSR count). The summed E-state index contributed by atoms with van der Waals surface area (Å²) in [5.41, 5.74) is 0. The molecule has 3 nitrogen and oxygen atoms in total. The average molecular weight is 226 g/mol. The first-order chi connectivity index (χ1) is 7.74. The standard InChI is InChI=1S/C13H26N2O/c1-12(2)10-14-5-7-15(8-6-14)11-13-4-3-9-16-13/h12-13H,3-11H2,1-2H3. The number of piperazine rings is 1. The Morgan fingerprint density at radius 3 is 2.38 bits per heavy atom. The van der Waals surface area contributed by atoms with Gasteiger partial charge in [-0.15, -0.1) is 0 Å². The van der Waals surface area contributed by atoms with E-state index in [2.05, 4.69) is 23.6 Å². The SMILES string of the molecule is CC(C)CN1CCN(CC2CCCO2)CC1. The summed E-state index contributed by atoms with van der Waals surface area (Å²) in [6.45, 7) is 13.0. The van der Waals surface area contributed by atoms with Gasteiger partial charge in [-0.05, 0) is 18.8 Å². The van der Waals surface area contributed by atoms with Crippen LogP contribution in [0.2, 0.25) is 0 Å². The Morgan fingerprint density at radius 1 is 1.12 bits per heavy atom. The van der Waals surface area contributed by atoms with Crippen molar-refractivity contribution in [3.05, 3.63) is 0 Å². The minimum atomic E-state index is 0.525. The molecule has 1 unspecified atom stereocenters. The minimum absolute atomic E-state index is 0.525. The highest BCUT2D eigenvalue weighted by Crippen LogP contribution is 2.14. The van der Waals surface area contributed by atoms with Gasteiger partial charge in [-0.1, -0.05) is 13.8 Å². The van der Waals surface area contributed by atoms with Gasteiger partial charge < -0.3 is 9.64 Å². The molecule has 2 fully saturated rings. The van der Waals surface area contributed by atoms with E-state index in [0.29, 0.717) is 6.10 Å². The zero-order chi connectivity index (χ0) is 11.4. The second kappa shape index (κ2) is 5.99. The van der Waals surface area contributed by atoms with Gasteiger partial charge in [0.15, 0.2) is 0 Å². The van der Waals surface area contributed by atoms with Crippen molar-refractivity contribution in [3.8, 4) is 0 Å². The largest absolute Gasteiger partial charge is 0.377 e. The third-order valence-electron chi connectivity index (χ3n) is 3.57. The third-order valence-corrected chi connectivity index (χ3v) is 3.57. The predicted molar refractivity (Wildman–Crippen MR) is 66.7 cm³/mol. The number of nitrogens with zero attached hydrogens (tertiary/aromatic N) is 2. The Kier molecular flexibility index (Phi) is 4.62. The van der Waals surface area contributed by atoms with Crippen molar-refractivity contribution in [2.75, 3.05) is 45.9 Å². The van der Waals surface area contributed by atoms with Crippen LogP contribution in [-0.4, -0.2) is 61.8 Å². The number of rotatable bonds is 4. The molecule has 0 aromatic heterocycles. The summed E-state index contributed by atoms with van der Waals surface area (Å²) in [4.78, 5) is 5.17. The summed E-state index contributed by atoms with van der Waals surface area (Å²) in [6.07, 6.45) is 3.06. The highest BCUT2D eigenvalue weighted by Gasteiger charge is 2.22. The molecule has 0 radical (unpaired) electrons. The lowest BCUT2D eigenvalue weighted by Gasteiger charge is -2.36. The number of hydrogen-bond donors (Lipinski definition) is 0. The molecule has 3 heteroatoms. The van der Waals surface area contributed by atoms with Crippen molar-refractivity contribution in [1.82, 2.24) is 9.80 Å². The Labute approximate surface area is 99.7 Å². The van der Waals surface area contributed by atoms with Gasteiger partial charge in [-0.25, -0.2) is 0 Å². The summed E-state index contributed by atoms with van der Waals surface area (Å²) >= 11 is 0. The van der Waals surface area contributed by atoms with Crippen LogP contribution in [0.15, 0.2) is 0 Å². The minimum Gasteiger partial charge on any atom is -0.377 e. The molecule has 0 N–H and O–H groups in total. The molecule has 0 aromatic rings. The molecule has 2 aliphatic heterocycles. The summed E-state index contributed by atoms with van der Waals surface area (Å²) in [5.74, 6) is 0.796. The summed E-state index contributed by atoms with van der Waals surface area (Å²) in [7, 11) is 0. The lowest BCUT2D eigenvalue weighted by atomic mass is 10.1. The average Bonchev–Trinajstić information content (AvgIpc) is 2.73. The molecule has 2 heterocycles. The lowest BCUT2D eigenvalue weighted by Crippen LogP contribution is -2.49. The van der Waals surface area contributed by atoms with Crippen molar-refractivity contribution in [2.45, 2.75) is 32.8 Å². The molecular formula is C13H26N2O. The van der Waals surface area contributed by atoms with Crippen LogP contribution in [0.3, 0.4) is 0 Å². The number of hydrogen-bond acceptors (Lipinski definition) is 3. The zero-order valence-electron chi connectivity index (χ0n) is 10.8. The summed E-state index contributed by atoms with van der Waals surface area (Å²) in [5, 5.41) is 0. The monoisotopic (exact) mass is 226 g/mol. The van der Waals surface area contributed by atoms with Crippen molar-refractivity contribution >= 4 is 0 Å². The van der Waals surface area contributed by atoms with E-state index in [1.165, 1.54) is 45.6 Å². The van der Waals surface area contributed by atoms with Crippen LogP contribution in [0.1, 0.15) is 26.7 Å². The maximum Gasteiger partial charge on any atom is 0.0702 e. The van der Waals surface area contributed by atoms with Crippen LogP contribution in [-0.2, 0) is 4.74 Å². The second-order valence-corrected chi connectivity index (χ2v) is 5.63.